The number of hydrogen-bond acceptors (Lipinski definition) is 3. The van der Waals surface area contributed by atoms with Crippen LogP contribution in [0.5, 0.6) is 0 Å². The molecule has 1 heterocycles. The van der Waals surface area contributed by atoms with Gasteiger partial charge in [-0.1, -0.05) is 19.3 Å². The molecule has 6 heteroatoms. The Morgan fingerprint density at radius 3 is 2.22 bits per heavy atom. The number of hydrogen-bond donors (Lipinski definition) is 3. The second-order valence-corrected chi connectivity index (χ2v) is 12.4. The third-order valence-corrected chi connectivity index (χ3v) is 9.62. The number of carbonyl (C=O) groups is 2. The van der Waals surface area contributed by atoms with Crippen LogP contribution >= 0.6 is 0 Å². The van der Waals surface area contributed by atoms with Gasteiger partial charge in [-0.25, -0.2) is 4.98 Å². The molecule has 0 unspecified atom stereocenters. The van der Waals surface area contributed by atoms with Crippen molar-refractivity contribution in [2.45, 2.75) is 76.7 Å². The molecule has 192 valence electrons. The molecular weight excluding hydrogens is 460 g/mol. The molecule has 5 saturated carbocycles. The Bertz CT molecular complexity index is 1300. The van der Waals surface area contributed by atoms with E-state index in [0.29, 0.717) is 5.56 Å². The average molecular weight is 497 g/mol. The van der Waals surface area contributed by atoms with E-state index < -0.39 is 0 Å². The van der Waals surface area contributed by atoms with Gasteiger partial charge in [-0.05, 0) is 112 Å². The number of benzene rings is 2. The first-order valence-corrected chi connectivity index (χ1v) is 14.3. The van der Waals surface area contributed by atoms with Gasteiger partial charge in [0, 0.05) is 22.9 Å². The van der Waals surface area contributed by atoms with Gasteiger partial charge in [0.1, 0.15) is 5.82 Å². The van der Waals surface area contributed by atoms with Crippen molar-refractivity contribution in [2.24, 2.45) is 23.2 Å². The maximum atomic E-state index is 13.4. The van der Waals surface area contributed by atoms with Crippen LogP contribution in [0.3, 0.4) is 0 Å². The Morgan fingerprint density at radius 2 is 1.54 bits per heavy atom. The number of nitrogens with zero attached hydrogens (tertiary/aromatic N) is 1. The van der Waals surface area contributed by atoms with Crippen LogP contribution in [0, 0.1) is 23.2 Å². The molecule has 0 radical (unpaired) electrons. The third kappa shape index (κ3) is 4.34. The normalized spacial score (nSPS) is 28.9. The molecule has 0 saturated heterocycles. The van der Waals surface area contributed by atoms with E-state index >= 15 is 0 Å². The molecular formula is C31H36N4O2. The van der Waals surface area contributed by atoms with Gasteiger partial charge in [0.15, 0.2) is 0 Å². The highest BCUT2D eigenvalue weighted by atomic mass is 16.2. The van der Waals surface area contributed by atoms with Crippen molar-refractivity contribution in [2.75, 3.05) is 5.32 Å². The fraction of sp³-hybridized carbons (Fsp3) is 0.516. The fourth-order valence-corrected chi connectivity index (χ4v) is 8.16. The maximum absolute atomic E-state index is 13.4. The summed E-state index contributed by atoms with van der Waals surface area (Å²) in [5, 5.41) is 6.43. The van der Waals surface area contributed by atoms with Gasteiger partial charge < -0.3 is 15.6 Å². The summed E-state index contributed by atoms with van der Waals surface area (Å²) in [6.45, 7) is 0. The number of rotatable bonds is 5. The Morgan fingerprint density at radius 1 is 0.865 bits per heavy atom. The predicted molar refractivity (Wildman–Crippen MR) is 145 cm³/mol. The van der Waals surface area contributed by atoms with Crippen molar-refractivity contribution in [1.82, 2.24) is 15.3 Å². The summed E-state index contributed by atoms with van der Waals surface area (Å²) in [5.74, 6) is 3.24. The number of fused-ring (bicyclic) bond motifs is 1. The second kappa shape index (κ2) is 9.00. The van der Waals surface area contributed by atoms with Crippen LogP contribution in [-0.2, 0) is 4.79 Å². The largest absolute Gasteiger partial charge is 0.349 e. The van der Waals surface area contributed by atoms with Gasteiger partial charge in [-0.15, -0.1) is 0 Å². The van der Waals surface area contributed by atoms with Gasteiger partial charge in [0.25, 0.3) is 5.91 Å². The minimum atomic E-state index is -0.146. The minimum absolute atomic E-state index is 0.0162. The summed E-state index contributed by atoms with van der Waals surface area (Å²) in [5.41, 5.74) is 4.00. The molecule has 5 aliphatic rings. The summed E-state index contributed by atoms with van der Waals surface area (Å²) in [6, 6.07) is 13.9. The van der Waals surface area contributed by atoms with Crippen LogP contribution in [0.4, 0.5) is 5.69 Å². The number of amides is 2. The lowest BCUT2D eigenvalue weighted by Crippen LogP contribution is -2.51. The maximum Gasteiger partial charge on any atom is 0.251 e. The van der Waals surface area contributed by atoms with E-state index in [2.05, 4.69) is 15.6 Å². The minimum Gasteiger partial charge on any atom is -0.349 e. The van der Waals surface area contributed by atoms with Crippen LogP contribution in [-0.4, -0.2) is 27.8 Å². The van der Waals surface area contributed by atoms with Gasteiger partial charge in [0.2, 0.25) is 5.91 Å². The first-order valence-electron chi connectivity index (χ1n) is 14.3. The summed E-state index contributed by atoms with van der Waals surface area (Å²) < 4.78 is 0. The first-order chi connectivity index (χ1) is 18.0. The van der Waals surface area contributed by atoms with Crippen molar-refractivity contribution in [3.63, 3.8) is 0 Å². The number of aromatic nitrogens is 2. The summed E-state index contributed by atoms with van der Waals surface area (Å²) in [7, 11) is 0. The lowest BCUT2D eigenvalue weighted by Gasteiger charge is -2.55. The molecule has 37 heavy (non-hydrogen) atoms. The van der Waals surface area contributed by atoms with Crippen LogP contribution in [0.25, 0.3) is 22.4 Å². The molecule has 3 N–H and O–H groups in total. The number of anilines is 1. The average Bonchev–Trinajstić information content (AvgIpc) is 3.32. The predicted octanol–water partition coefficient (Wildman–Crippen LogP) is 6.45. The number of imidazole rings is 1. The summed E-state index contributed by atoms with van der Waals surface area (Å²) in [4.78, 5) is 34.3. The number of H-pyrrole nitrogens is 1. The summed E-state index contributed by atoms with van der Waals surface area (Å²) in [6.07, 6.45) is 13.0. The van der Waals surface area contributed by atoms with Crippen LogP contribution in [0.15, 0.2) is 42.5 Å². The zero-order chi connectivity index (χ0) is 25.0. The van der Waals surface area contributed by atoms with Crippen LogP contribution < -0.4 is 10.6 Å². The molecule has 2 aromatic carbocycles. The van der Waals surface area contributed by atoms with E-state index in [9.17, 15) is 9.59 Å². The van der Waals surface area contributed by atoms with Crippen molar-refractivity contribution in [3.05, 3.63) is 48.0 Å². The van der Waals surface area contributed by atoms with Crippen molar-refractivity contribution >= 4 is 28.5 Å². The smallest absolute Gasteiger partial charge is 0.251 e. The van der Waals surface area contributed by atoms with E-state index in [1.807, 2.05) is 42.5 Å². The highest BCUT2D eigenvalue weighted by Crippen LogP contribution is 2.60. The first kappa shape index (κ1) is 23.0. The molecule has 1 aromatic heterocycles. The second-order valence-electron chi connectivity index (χ2n) is 12.4. The molecule has 8 rings (SSSR count). The Balaban J connectivity index is 1.04. The molecule has 5 fully saturated rings. The lowest BCUT2D eigenvalue weighted by molar-refractivity contribution is -0.140. The zero-order valence-electron chi connectivity index (χ0n) is 21.4. The summed E-state index contributed by atoms with van der Waals surface area (Å²) >= 11 is 0. The van der Waals surface area contributed by atoms with Crippen LogP contribution in [0.1, 0.15) is 81.0 Å². The van der Waals surface area contributed by atoms with Gasteiger partial charge in [-0.3, -0.25) is 9.59 Å². The molecule has 5 aliphatic carbocycles. The highest BCUT2D eigenvalue weighted by molar-refractivity contribution is 5.98. The molecule has 0 spiro atoms. The van der Waals surface area contributed by atoms with E-state index in [-0.39, 0.29) is 23.3 Å². The van der Waals surface area contributed by atoms with Gasteiger partial charge in [-0.2, -0.15) is 0 Å². The lowest BCUT2D eigenvalue weighted by atomic mass is 9.49. The Labute approximate surface area is 218 Å². The molecule has 4 bridgehead atoms. The Kier molecular flexibility index (Phi) is 5.60. The fourth-order valence-electron chi connectivity index (χ4n) is 8.16. The molecule has 3 aromatic rings. The van der Waals surface area contributed by atoms with Crippen molar-refractivity contribution in [1.29, 1.82) is 0 Å². The van der Waals surface area contributed by atoms with E-state index in [0.717, 1.165) is 78.0 Å². The van der Waals surface area contributed by atoms with E-state index in [1.54, 1.807) is 0 Å². The van der Waals surface area contributed by atoms with E-state index in [4.69, 9.17) is 4.98 Å². The Hall–Kier alpha value is -3.15. The standard InChI is InChI=1S/C31H36N4O2/c36-29(32-24-4-2-1-3-5-24)23-8-11-26-27(15-23)35-28(34-26)22-6-9-25(10-7-22)33-30(37)31-16-19-12-20(17-31)14-21(13-19)18-31/h6-11,15,19-21,24H,1-5,12-14,16-18H2,(H,32,36)(H,33,37)(H,34,35). The monoisotopic (exact) mass is 496 g/mol. The van der Waals surface area contributed by atoms with E-state index in [1.165, 1.54) is 38.5 Å². The molecule has 6 nitrogen and oxygen atoms in total. The topological polar surface area (TPSA) is 86.9 Å². The zero-order valence-corrected chi connectivity index (χ0v) is 21.4. The SMILES string of the molecule is O=C(NC1CCCCC1)c1ccc2[nH]c(-c3ccc(NC(=O)C45CC6CC(CC(C6)C4)C5)cc3)nc2c1. The van der Waals surface area contributed by atoms with Crippen molar-refractivity contribution in [3.8, 4) is 11.4 Å². The highest BCUT2D eigenvalue weighted by Gasteiger charge is 2.54. The molecule has 0 atom stereocenters. The molecule has 0 aliphatic heterocycles. The molecule has 2 amide bonds. The van der Waals surface area contributed by atoms with Gasteiger partial charge >= 0.3 is 0 Å². The third-order valence-electron chi connectivity index (χ3n) is 9.62. The van der Waals surface area contributed by atoms with Gasteiger partial charge in [0.05, 0.1) is 16.4 Å². The van der Waals surface area contributed by atoms with Crippen molar-refractivity contribution < 1.29 is 9.59 Å². The number of carbonyl (C=O) groups excluding carboxylic acids is 2. The number of aromatic amines is 1. The van der Waals surface area contributed by atoms with Crippen LogP contribution in [0.2, 0.25) is 0 Å². The quantitative estimate of drug-likeness (QED) is 0.379. The number of nitrogens with one attached hydrogen (secondary N) is 3.